The number of amides is 2. The molecule has 21 heavy (non-hydrogen) atoms. The third kappa shape index (κ3) is 4.48. The molecule has 114 valence electrons. The van der Waals surface area contributed by atoms with E-state index >= 15 is 0 Å². The standard InChI is InChI=1S/C16H22N2O3/c1-2-18(11-13-4-3-5-13)16(21)17-14-8-6-12(7-9-14)10-15(19)20/h6-9,13H,2-5,10-11H2,1H3,(H,17,21)(H,19,20). The molecule has 0 atom stereocenters. The van der Waals surface area contributed by atoms with Crippen LogP contribution in [0.15, 0.2) is 24.3 Å². The third-order valence-electron chi connectivity index (χ3n) is 3.93. The molecule has 0 heterocycles. The van der Waals surface area contributed by atoms with Crippen LogP contribution in [0.5, 0.6) is 0 Å². The van der Waals surface area contributed by atoms with Gasteiger partial charge in [-0.25, -0.2) is 4.79 Å². The Morgan fingerprint density at radius 1 is 1.29 bits per heavy atom. The lowest BCUT2D eigenvalue weighted by Gasteiger charge is -2.31. The highest BCUT2D eigenvalue weighted by Crippen LogP contribution is 2.27. The summed E-state index contributed by atoms with van der Waals surface area (Å²) in [5.74, 6) is -0.210. The zero-order valence-electron chi connectivity index (χ0n) is 12.3. The van der Waals surface area contributed by atoms with Crippen LogP contribution in [-0.2, 0) is 11.2 Å². The van der Waals surface area contributed by atoms with E-state index in [1.807, 2.05) is 11.8 Å². The van der Waals surface area contributed by atoms with Crippen LogP contribution < -0.4 is 5.32 Å². The number of urea groups is 1. The first kappa shape index (κ1) is 15.4. The van der Waals surface area contributed by atoms with E-state index in [-0.39, 0.29) is 12.5 Å². The third-order valence-corrected chi connectivity index (χ3v) is 3.93. The zero-order chi connectivity index (χ0) is 15.2. The van der Waals surface area contributed by atoms with Gasteiger partial charge in [-0.2, -0.15) is 0 Å². The Hall–Kier alpha value is -2.04. The molecule has 5 nitrogen and oxygen atoms in total. The molecule has 2 rings (SSSR count). The van der Waals surface area contributed by atoms with Crippen LogP contribution in [0.1, 0.15) is 31.7 Å². The van der Waals surface area contributed by atoms with E-state index in [1.54, 1.807) is 24.3 Å². The molecule has 1 aliphatic rings. The molecule has 1 fully saturated rings. The van der Waals surface area contributed by atoms with Crippen molar-refractivity contribution >= 4 is 17.7 Å². The number of carbonyl (C=O) groups is 2. The Morgan fingerprint density at radius 2 is 1.95 bits per heavy atom. The number of benzene rings is 1. The van der Waals surface area contributed by atoms with Crippen molar-refractivity contribution in [1.82, 2.24) is 4.90 Å². The van der Waals surface area contributed by atoms with Gasteiger partial charge in [0.25, 0.3) is 0 Å². The molecular weight excluding hydrogens is 268 g/mol. The average molecular weight is 290 g/mol. The van der Waals surface area contributed by atoms with Gasteiger partial charge in [0.2, 0.25) is 0 Å². The van der Waals surface area contributed by atoms with Crippen molar-refractivity contribution in [2.75, 3.05) is 18.4 Å². The maximum absolute atomic E-state index is 12.2. The number of carboxylic acids is 1. The highest BCUT2D eigenvalue weighted by atomic mass is 16.4. The summed E-state index contributed by atoms with van der Waals surface area (Å²) in [6.07, 6.45) is 3.70. The van der Waals surface area contributed by atoms with E-state index in [9.17, 15) is 9.59 Å². The monoisotopic (exact) mass is 290 g/mol. The predicted octanol–water partition coefficient (Wildman–Crippen LogP) is 2.97. The first-order chi connectivity index (χ1) is 10.1. The second-order valence-corrected chi connectivity index (χ2v) is 5.53. The van der Waals surface area contributed by atoms with Gasteiger partial charge in [-0.3, -0.25) is 4.79 Å². The topological polar surface area (TPSA) is 69.6 Å². The largest absolute Gasteiger partial charge is 0.481 e. The Kier molecular flexibility index (Phi) is 5.20. The molecule has 0 aliphatic heterocycles. The van der Waals surface area contributed by atoms with Crippen LogP contribution in [0.3, 0.4) is 0 Å². The summed E-state index contributed by atoms with van der Waals surface area (Å²) in [6.45, 7) is 3.49. The van der Waals surface area contributed by atoms with Crippen molar-refractivity contribution in [2.24, 2.45) is 5.92 Å². The van der Waals surface area contributed by atoms with E-state index in [4.69, 9.17) is 5.11 Å². The number of nitrogens with one attached hydrogen (secondary N) is 1. The second-order valence-electron chi connectivity index (χ2n) is 5.53. The molecule has 0 aromatic heterocycles. The summed E-state index contributed by atoms with van der Waals surface area (Å²) < 4.78 is 0. The number of anilines is 1. The van der Waals surface area contributed by atoms with Crippen LogP contribution in [0.25, 0.3) is 0 Å². The quantitative estimate of drug-likeness (QED) is 0.846. The van der Waals surface area contributed by atoms with E-state index in [2.05, 4.69) is 5.32 Å². The van der Waals surface area contributed by atoms with Gasteiger partial charge in [0.15, 0.2) is 0 Å². The molecule has 0 bridgehead atoms. The van der Waals surface area contributed by atoms with Gasteiger partial charge < -0.3 is 15.3 Å². The van der Waals surface area contributed by atoms with Crippen molar-refractivity contribution in [3.63, 3.8) is 0 Å². The van der Waals surface area contributed by atoms with Gasteiger partial charge in [-0.05, 0) is 43.4 Å². The van der Waals surface area contributed by atoms with Crippen molar-refractivity contribution in [1.29, 1.82) is 0 Å². The minimum atomic E-state index is -0.857. The summed E-state index contributed by atoms with van der Waals surface area (Å²) >= 11 is 0. The van der Waals surface area contributed by atoms with Gasteiger partial charge in [0, 0.05) is 18.8 Å². The molecule has 1 aliphatic carbocycles. The molecule has 1 aromatic rings. The van der Waals surface area contributed by atoms with Gasteiger partial charge in [-0.15, -0.1) is 0 Å². The van der Waals surface area contributed by atoms with Gasteiger partial charge in [0.05, 0.1) is 6.42 Å². The van der Waals surface area contributed by atoms with Crippen molar-refractivity contribution in [3.05, 3.63) is 29.8 Å². The Balaban J connectivity index is 1.89. The van der Waals surface area contributed by atoms with Gasteiger partial charge in [-0.1, -0.05) is 18.6 Å². The van der Waals surface area contributed by atoms with Crippen LogP contribution in [0, 0.1) is 5.92 Å². The zero-order valence-corrected chi connectivity index (χ0v) is 12.3. The number of rotatable bonds is 6. The van der Waals surface area contributed by atoms with Gasteiger partial charge >= 0.3 is 12.0 Å². The van der Waals surface area contributed by atoms with Crippen molar-refractivity contribution in [3.8, 4) is 0 Å². The molecule has 1 saturated carbocycles. The molecular formula is C16H22N2O3. The normalized spacial score (nSPS) is 14.3. The minimum Gasteiger partial charge on any atom is -0.481 e. The van der Waals surface area contributed by atoms with Crippen molar-refractivity contribution < 1.29 is 14.7 Å². The highest BCUT2D eigenvalue weighted by Gasteiger charge is 2.22. The predicted molar refractivity (Wildman–Crippen MR) is 81.4 cm³/mol. The fourth-order valence-electron chi connectivity index (χ4n) is 2.43. The molecule has 0 saturated heterocycles. The Bertz CT molecular complexity index is 495. The molecule has 2 N–H and O–H groups in total. The number of carbonyl (C=O) groups excluding carboxylic acids is 1. The number of hydrogen-bond donors (Lipinski definition) is 2. The van der Waals surface area contributed by atoms with Gasteiger partial charge in [0.1, 0.15) is 0 Å². The second kappa shape index (κ2) is 7.11. The summed E-state index contributed by atoms with van der Waals surface area (Å²) in [5, 5.41) is 11.6. The molecule has 5 heteroatoms. The summed E-state index contributed by atoms with van der Waals surface area (Å²) in [7, 11) is 0. The molecule has 2 amide bonds. The lowest BCUT2D eigenvalue weighted by molar-refractivity contribution is -0.136. The summed E-state index contributed by atoms with van der Waals surface area (Å²) in [6, 6.07) is 6.86. The maximum atomic E-state index is 12.2. The lowest BCUT2D eigenvalue weighted by Crippen LogP contribution is -2.39. The Morgan fingerprint density at radius 3 is 2.43 bits per heavy atom. The van der Waals surface area contributed by atoms with Crippen LogP contribution >= 0.6 is 0 Å². The first-order valence-corrected chi connectivity index (χ1v) is 7.45. The number of nitrogens with zero attached hydrogens (tertiary/aromatic N) is 1. The van der Waals surface area contributed by atoms with Crippen LogP contribution in [-0.4, -0.2) is 35.1 Å². The van der Waals surface area contributed by atoms with Crippen molar-refractivity contribution in [2.45, 2.75) is 32.6 Å². The van der Waals surface area contributed by atoms with E-state index in [1.165, 1.54) is 19.3 Å². The minimum absolute atomic E-state index is 0.00298. The molecule has 1 aromatic carbocycles. The summed E-state index contributed by atoms with van der Waals surface area (Å²) in [4.78, 5) is 24.7. The number of carboxylic acid groups (broad SMARTS) is 1. The maximum Gasteiger partial charge on any atom is 0.321 e. The SMILES string of the molecule is CCN(CC1CCC1)C(=O)Nc1ccc(CC(=O)O)cc1. The average Bonchev–Trinajstić information content (AvgIpc) is 2.39. The summed E-state index contributed by atoms with van der Waals surface area (Å²) in [5.41, 5.74) is 1.42. The number of aliphatic carboxylic acids is 1. The smallest absolute Gasteiger partial charge is 0.321 e. The van der Waals surface area contributed by atoms with Crippen LogP contribution in [0.4, 0.5) is 10.5 Å². The lowest BCUT2D eigenvalue weighted by atomic mass is 9.85. The highest BCUT2D eigenvalue weighted by molar-refractivity contribution is 5.89. The Labute approximate surface area is 125 Å². The fourth-order valence-corrected chi connectivity index (χ4v) is 2.43. The fraction of sp³-hybridized carbons (Fsp3) is 0.500. The van der Waals surface area contributed by atoms with E-state index < -0.39 is 5.97 Å². The molecule has 0 unspecified atom stereocenters. The first-order valence-electron chi connectivity index (χ1n) is 7.45. The molecule has 0 radical (unpaired) electrons. The number of hydrogen-bond acceptors (Lipinski definition) is 2. The van der Waals surface area contributed by atoms with E-state index in [0.717, 1.165) is 12.1 Å². The molecule has 0 spiro atoms. The van der Waals surface area contributed by atoms with E-state index in [0.29, 0.717) is 18.2 Å². The van der Waals surface area contributed by atoms with Crippen LogP contribution in [0.2, 0.25) is 0 Å².